The van der Waals surface area contributed by atoms with Gasteiger partial charge in [0.05, 0.1) is 7.11 Å². The van der Waals surface area contributed by atoms with E-state index in [-0.39, 0.29) is 30.9 Å². The molecule has 3 rings (SSSR count). The van der Waals surface area contributed by atoms with Crippen LogP contribution in [0.3, 0.4) is 0 Å². The molecule has 170 valence electrons. The molecule has 0 spiro atoms. The fourth-order valence-corrected chi connectivity index (χ4v) is 2.99. The zero-order valence-corrected chi connectivity index (χ0v) is 18.0. The molecule has 2 fully saturated rings. The summed E-state index contributed by atoms with van der Waals surface area (Å²) in [6, 6.07) is 0. The molecule has 30 heavy (non-hydrogen) atoms. The van der Waals surface area contributed by atoms with Crippen LogP contribution in [-0.2, 0) is 39.8 Å². The Morgan fingerprint density at radius 1 is 1.03 bits per heavy atom. The molecule has 0 radical (unpaired) electrons. The van der Waals surface area contributed by atoms with E-state index in [0.717, 1.165) is 45.1 Å². The monoisotopic (exact) mass is 427 g/mol. The largest absolute Gasteiger partial charge is 0.467 e. The molecule has 0 N–H and O–H groups in total. The molecule has 2 saturated heterocycles. The van der Waals surface area contributed by atoms with Gasteiger partial charge in [0.25, 0.3) is 0 Å². The summed E-state index contributed by atoms with van der Waals surface area (Å²) in [4.78, 5) is 26.6. The number of Topliss-reactive ketones (excluding diaryl/α,β-unsaturated/α-hetero) is 1. The summed E-state index contributed by atoms with van der Waals surface area (Å²) in [5, 5.41) is 3.88. The highest BCUT2D eigenvalue weighted by Gasteiger charge is 2.22. The highest BCUT2D eigenvalue weighted by molar-refractivity contribution is 5.82. The van der Waals surface area contributed by atoms with Crippen LogP contribution in [0.5, 0.6) is 0 Å². The summed E-state index contributed by atoms with van der Waals surface area (Å²) < 4.78 is 27.7. The zero-order valence-electron chi connectivity index (χ0n) is 18.0. The minimum absolute atomic E-state index is 0.0235. The maximum absolute atomic E-state index is 11.8. The van der Waals surface area contributed by atoms with E-state index in [4.69, 9.17) is 18.9 Å². The molecule has 2 aliphatic heterocycles. The van der Waals surface area contributed by atoms with Crippen molar-refractivity contribution in [2.75, 3.05) is 20.3 Å². The van der Waals surface area contributed by atoms with Gasteiger partial charge in [0.2, 0.25) is 0 Å². The van der Waals surface area contributed by atoms with Crippen LogP contribution < -0.4 is 0 Å². The van der Waals surface area contributed by atoms with Gasteiger partial charge in [0.1, 0.15) is 25.3 Å². The van der Waals surface area contributed by atoms with E-state index in [9.17, 15) is 9.59 Å². The van der Waals surface area contributed by atoms with Crippen LogP contribution in [0, 0.1) is 0 Å². The minimum atomic E-state index is -0.534. The highest BCUT2D eigenvalue weighted by atomic mass is 16.7. The molecule has 0 aromatic carbocycles. The van der Waals surface area contributed by atoms with E-state index in [2.05, 4.69) is 14.8 Å². The van der Waals surface area contributed by atoms with E-state index >= 15 is 0 Å². The smallest absolute Gasteiger partial charge is 0.334 e. The third-order valence-corrected chi connectivity index (χ3v) is 4.76. The Labute approximate surface area is 177 Å². The van der Waals surface area contributed by atoms with Gasteiger partial charge in [0.15, 0.2) is 24.5 Å². The van der Waals surface area contributed by atoms with Crippen molar-refractivity contribution in [2.45, 2.75) is 83.7 Å². The predicted octanol–water partition coefficient (Wildman–Crippen LogP) is 1.87. The van der Waals surface area contributed by atoms with Crippen molar-refractivity contribution in [2.24, 2.45) is 0 Å². The van der Waals surface area contributed by atoms with E-state index in [1.54, 1.807) is 13.8 Å². The van der Waals surface area contributed by atoms with Crippen molar-refractivity contribution in [3.63, 3.8) is 0 Å². The second-order valence-corrected chi connectivity index (χ2v) is 7.23. The summed E-state index contributed by atoms with van der Waals surface area (Å²) in [7, 11) is 1.35. The average Bonchev–Trinajstić information content (AvgIpc) is 3.28. The Bertz CT molecular complexity index is 614. The molecule has 0 bridgehead atoms. The lowest BCUT2D eigenvalue weighted by atomic mass is 10.2. The third kappa shape index (κ3) is 8.86. The summed E-state index contributed by atoms with van der Waals surface area (Å²) in [6.45, 7) is 5.04. The first-order valence-electron chi connectivity index (χ1n) is 10.5. The van der Waals surface area contributed by atoms with Crippen LogP contribution in [0.1, 0.15) is 52.4 Å². The molecule has 2 aliphatic rings. The van der Waals surface area contributed by atoms with Crippen molar-refractivity contribution >= 4 is 11.8 Å². The molecular formula is C20H33N3O7. The van der Waals surface area contributed by atoms with Gasteiger partial charge < -0.3 is 23.7 Å². The van der Waals surface area contributed by atoms with E-state index < -0.39 is 12.2 Å². The van der Waals surface area contributed by atoms with Gasteiger partial charge in [-0.2, -0.15) is 5.10 Å². The number of ketones is 1. The summed E-state index contributed by atoms with van der Waals surface area (Å²) in [5.41, 5.74) is 0. The Hall–Kier alpha value is -1.88. The Morgan fingerprint density at radius 2 is 1.63 bits per heavy atom. The molecule has 0 amide bonds. The van der Waals surface area contributed by atoms with Gasteiger partial charge in [-0.15, -0.1) is 0 Å². The second-order valence-electron chi connectivity index (χ2n) is 7.23. The van der Waals surface area contributed by atoms with E-state index in [1.165, 1.54) is 24.4 Å². The number of aromatic nitrogens is 3. The van der Waals surface area contributed by atoms with Gasteiger partial charge in [0, 0.05) is 13.2 Å². The lowest BCUT2D eigenvalue weighted by molar-refractivity contribution is -0.199. The number of rotatable bonds is 8. The Kier molecular flexibility index (Phi) is 10.9. The lowest BCUT2D eigenvalue weighted by Gasteiger charge is -2.25. The molecule has 1 aromatic rings. The molecule has 3 heterocycles. The maximum atomic E-state index is 11.8. The molecular weight excluding hydrogens is 394 g/mol. The number of hydrogen-bond donors (Lipinski definition) is 0. The summed E-state index contributed by atoms with van der Waals surface area (Å²) >= 11 is 0. The topological polar surface area (TPSA) is 111 Å². The van der Waals surface area contributed by atoms with Gasteiger partial charge in [-0.05, 0) is 52.4 Å². The van der Waals surface area contributed by atoms with Crippen LogP contribution in [0.2, 0.25) is 0 Å². The first-order chi connectivity index (χ1) is 14.5. The van der Waals surface area contributed by atoms with Crippen molar-refractivity contribution < 1.29 is 33.3 Å². The molecule has 1 aromatic heterocycles. The zero-order chi connectivity index (χ0) is 21.8. The fraction of sp³-hybridized carbons (Fsp3) is 0.800. The first-order valence-corrected chi connectivity index (χ1v) is 10.5. The Morgan fingerprint density at radius 3 is 2.10 bits per heavy atom. The highest BCUT2D eigenvalue weighted by Crippen LogP contribution is 2.16. The molecule has 10 heteroatoms. The standard InChI is InChI=1S/C11H17N3O3.C9H16O4/c1-9(17-11-4-2-3-5-16-11)10(15)6-14-8-12-7-13-14;1-7(9(10)11-2)13-8-5-3-4-6-12-8/h7-9,11H,2-6H2,1H3;7-8H,3-6H2,1-2H3/t9-,11?;7-,8?/m11/s1. The van der Waals surface area contributed by atoms with Crippen molar-refractivity contribution in [3.05, 3.63) is 12.7 Å². The number of esters is 1. The molecule has 10 nitrogen and oxygen atoms in total. The van der Waals surface area contributed by atoms with E-state index in [1.807, 2.05) is 0 Å². The van der Waals surface area contributed by atoms with Crippen LogP contribution in [0.15, 0.2) is 12.7 Å². The van der Waals surface area contributed by atoms with Crippen molar-refractivity contribution in [3.8, 4) is 0 Å². The number of methoxy groups -OCH3 is 1. The van der Waals surface area contributed by atoms with Gasteiger partial charge in [-0.1, -0.05) is 0 Å². The van der Waals surface area contributed by atoms with Crippen molar-refractivity contribution in [1.82, 2.24) is 14.8 Å². The number of carbonyl (C=O) groups is 2. The van der Waals surface area contributed by atoms with Gasteiger partial charge in [-0.3, -0.25) is 4.79 Å². The van der Waals surface area contributed by atoms with Crippen LogP contribution in [0.4, 0.5) is 0 Å². The second kappa shape index (κ2) is 13.4. The van der Waals surface area contributed by atoms with Gasteiger partial charge in [-0.25, -0.2) is 14.5 Å². The number of hydrogen-bond acceptors (Lipinski definition) is 9. The first kappa shape index (κ1) is 24.4. The maximum Gasteiger partial charge on any atom is 0.334 e. The molecule has 4 atom stereocenters. The molecule has 0 aliphatic carbocycles. The quantitative estimate of drug-likeness (QED) is 0.574. The predicted molar refractivity (Wildman–Crippen MR) is 105 cm³/mol. The van der Waals surface area contributed by atoms with Crippen LogP contribution in [-0.4, -0.2) is 71.6 Å². The molecule has 2 unspecified atom stereocenters. The molecule has 0 saturated carbocycles. The lowest BCUT2D eigenvalue weighted by Crippen LogP contribution is -2.32. The SMILES string of the molecule is COC(=O)[C@@H](C)OC1CCCCO1.C[C@@H](OC1CCCCO1)C(=O)Cn1cncn1. The minimum Gasteiger partial charge on any atom is -0.467 e. The summed E-state index contributed by atoms with van der Waals surface area (Å²) in [5.74, 6) is -0.376. The third-order valence-electron chi connectivity index (χ3n) is 4.76. The van der Waals surface area contributed by atoms with Crippen LogP contribution in [0.25, 0.3) is 0 Å². The Balaban J connectivity index is 0.000000222. The van der Waals surface area contributed by atoms with Gasteiger partial charge >= 0.3 is 5.97 Å². The van der Waals surface area contributed by atoms with Crippen molar-refractivity contribution in [1.29, 1.82) is 0 Å². The average molecular weight is 427 g/mol. The normalized spacial score (nSPS) is 23.6. The number of nitrogens with zero attached hydrogens (tertiary/aromatic N) is 3. The number of ether oxygens (including phenoxy) is 5. The number of carbonyl (C=O) groups excluding carboxylic acids is 2. The summed E-state index contributed by atoms with van der Waals surface area (Å²) in [6.07, 6.45) is 7.50. The van der Waals surface area contributed by atoms with E-state index in [0.29, 0.717) is 6.61 Å². The van der Waals surface area contributed by atoms with Crippen LogP contribution >= 0.6 is 0 Å². The fourth-order valence-electron chi connectivity index (χ4n) is 2.99.